The van der Waals surface area contributed by atoms with Gasteiger partial charge in [0.05, 0.1) is 6.10 Å². The van der Waals surface area contributed by atoms with Crippen molar-refractivity contribution in [1.82, 2.24) is 0 Å². The first-order valence-corrected chi connectivity index (χ1v) is 13.8. The van der Waals surface area contributed by atoms with Gasteiger partial charge in [-0.1, -0.05) is 33.3 Å². The van der Waals surface area contributed by atoms with E-state index in [1.165, 1.54) is 0 Å². The first-order chi connectivity index (χ1) is 17.0. The van der Waals surface area contributed by atoms with Gasteiger partial charge in [-0.15, -0.1) is 0 Å². The smallest absolute Gasteiger partial charge is 0.306 e. The maximum Gasteiger partial charge on any atom is 0.306 e. The van der Waals surface area contributed by atoms with Crippen LogP contribution in [-0.2, 0) is 28.7 Å². The molecule has 0 heterocycles. The van der Waals surface area contributed by atoms with Crippen molar-refractivity contribution in [3.63, 3.8) is 0 Å². The second-order valence-electron chi connectivity index (χ2n) is 12.0. The minimum Gasteiger partial charge on any atom is -0.457 e. The van der Waals surface area contributed by atoms with E-state index >= 15 is 0 Å². The first kappa shape index (κ1) is 27.0. The monoisotopic (exact) mass is 502 g/mol. The molecule has 1 N–H and O–H groups in total. The van der Waals surface area contributed by atoms with Gasteiger partial charge in [0.2, 0.25) is 5.78 Å². The Kier molecular flexibility index (Phi) is 7.53. The number of allylic oxidation sites excluding steroid dienone is 1. The lowest BCUT2D eigenvalue weighted by atomic mass is 9.45. The highest BCUT2D eigenvalue weighted by molar-refractivity contribution is 5.93. The van der Waals surface area contributed by atoms with Gasteiger partial charge < -0.3 is 14.6 Å². The molecule has 4 rings (SSSR count). The van der Waals surface area contributed by atoms with E-state index in [2.05, 4.69) is 6.92 Å². The number of esters is 2. The molecule has 3 fully saturated rings. The Morgan fingerprint density at radius 1 is 1.03 bits per heavy atom. The van der Waals surface area contributed by atoms with Crippen molar-refractivity contribution in [1.29, 1.82) is 0 Å². The fourth-order valence-electron chi connectivity index (χ4n) is 8.35. The van der Waals surface area contributed by atoms with Gasteiger partial charge in [-0.3, -0.25) is 19.2 Å². The van der Waals surface area contributed by atoms with Crippen LogP contribution >= 0.6 is 0 Å². The van der Waals surface area contributed by atoms with Gasteiger partial charge in [0, 0.05) is 24.7 Å². The summed E-state index contributed by atoms with van der Waals surface area (Å²) in [5.74, 6) is -0.808. The highest BCUT2D eigenvalue weighted by Gasteiger charge is 2.70. The average molecular weight is 503 g/mol. The third-order valence-corrected chi connectivity index (χ3v) is 10.0. The van der Waals surface area contributed by atoms with Crippen LogP contribution < -0.4 is 0 Å². The molecule has 0 saturated heterocycles. The van der Waals surface area contributed by atoms with Gasteiger partial charge in [-0.25, -0.2) is 0 Å². The normalized spacial score (nSPS) is 39.4. The van der Waals surface area contributed by atoms with E-state index in [-0.39, 0.29) is 47.6 Å². The zero-order valence-electron chi connectivity index (χ0n) is 22.3. The summed E-state index contributed by atoms with van der Waals surface area (Å²) >= 11 is 0. The molecule has 0 aromatic rings. The molecule has 36 heavy (non-hydrogen) atoms. The minimum atomic E-state index is -1.41. The second kappa shape index (κ2) is 10.0. The quantitative estimate of drug-likeness (QED) is 0.488. The zero-order valence-corrected chi connectivity index (χ0v) is 22.3. The number of hydrogen-bond donors (Lipinski definition) is 1. The van der Waals surface area contributed by atoms with E-state index < -0.39 is 35.7 Å². The van der Waals surface area contributed by atoms with E-state index in [4.69, 9.17) is 9.47 Å². The Bertz CT molecular complexity index is 953. The topological polar surface area (TPSA) is 107 Å². The number of carbonyl (C=O) groups is 4. The largest absolute Gasteiger partial charge is 0.457 e. The number of aliphatic hydroxyl groups excluding tert-OH is 1. The Balaban J connectivity index is 1.68. The van der Waals surface area contributed by atoms with Crippen molar-refractivity contribution in [2.45, 2.75) is 110 Å². The number of Topliss-reactive ketones (excluding diaryl/α,β-unsaturated/α-hetero) is 1. The van der Waals surface area contributed by atoms with Crippen LogP contribution in [0.25, 0.3) is 0 Å². The number of rotatable bonds is 8. The van der Waals surface area contributed by atoms with E-state index in [1.54, 1.807) is 6.08 Å². The molecule has 200 valence electrons. The van der Waals surface area contributed by atoms with E-state index in [9.17, 15) is 24.3 Å². The molecule has 4 aliphatic rings. The van der Waals surface area contributed by atoms with Crippen molar-refractivity contribution in [3.05, 3.63) is 11.6 Å². The van der Waals surface area contributed by atoms with Crippen LogP contribution in [-0.4, -0.2) is 46.9 Å². The maximum atomic E-state index is 13.8. The molecule has 0 aromatic heterocycles. The summed E-state index contributed by atoms with van der Waals surface area (Å²) in [6.07, 6.45) is 7.11. The van der Waals surface area contributed by atoms with Crippen LogP contribution in [0.15, 0.2) is 11.6 Å². The van der Waals surface area contributed by atoms with Crippen molar-refractivity contribution in [3.8, 4) is 0 Å². The molecule has 4 aliphatic carbocycles. The van der Waals surface area contributed by atoms with Gasteiger partial charge in [-0.05, 0) is 80.6 Å². The summed E-state index contributed by atoms with van der Waals surface area (Å²) in [5, 5.41) is 11.7. The van der Waals surface area contributed by atoms with Gasteiger partial charge in [0.25, 0.3) is 0 Å². The summed E-state index contributed by atoms with van der Waals surface area (Å²) in [6, 6.07) is 0. The highest BCUT2D eigenvalue weighted by atomic mass is 16.6. The molecule has 0 aliphatic heterocycles. The second-order valence-corrected chi connectivity index (χ2v) is 12.0. The number of hydrogen-bond acceptors (Lipinski definition) is 7. The van der Waals surface area contributed by atoms with Crippen molar-refractivity contribution in [2.75, 3.05) is 6.61 Å². The lowest BCUT2D eigenvalue weighted by Gasteiger charge is -2.60. The molecular formula is C29H42O7. The Labute approximate surface area is 214 Å². The van der Waals surface area contributed by atoms with Crippen molar-refractivity contribution < 1.29 is 33.8 Å². The summed E-state index contributed by atoms with van der Waals surface area (Å²) in [5.41, 5.74) is -1.25. The van der Waals surface area contributed by atoms with Crippen molar-refractivity contribution in [2.24, 2.45) is 28.6 Å². The standard InChI is InChI=1S/C29H42O7/c1-5-7-24(33)35-17-23(32)29(36-25(34)8-6-2)14-12-21-20-10-9-18-15-19(30)11-13-27(18,3)26(20)22(31)16-28(21,29)4/h15,20-22,26,31H,5-14,16-17H2,1-4H3/t20-,21-,22-,26+,27-,28-,29-/m0/s1. The predicted molar refractivity (Wildman–Crippen MR) is 133 cm³/mol. The summed E-state index contributed by atoms with van der Waals surface area (Å²) in [7, 11) is 0. The van der Waals surface area contributed by atoms with Gasteiger partial charge >= 0.3 is 11.9 Å². The Morgan fingerprint density at radius 2 is 1.72 bits per heavy atom. The van der Waals surface area contributed by atoms with E-state index in [0.29, 0.717) is 38.5 Å². The molecule has 0 radical (unpaired) electrons. The maximum absolute atomic E-state index is 13.8. The number of fused-ring (bicyclic) bond motifs is 5. The average Bonchev–Trinajstić information content (AvgIpc) is 3.10. The third-order valence-electron chi connectivity index (χ3n) is 10.0. The molecule has 7 heteroatoms. The molecule has 3 saturated carbocycles. The summed E-state index contributed by atoms with van der Waals surface area (Å²) in [4.78, 5) is 50.8. The lowest BCUT2D eigenvalue weighted by molar-refractivity contribution is -0.203. The van der Waals surface area contributed by atoms with Crippen LogP contribution in [0.3, 0.4) is 0 Å². The molecule has 7 nitrogen and oxygen atoms in total. The number of ketones is 2. The fourth-order valence-corrected chi connectivity index (χ4v) is 8.35. The first-order valence-electron chi connectivity index (χ1n) is 13.8. The third kappa shape index (κ3) is 4.25. The van der Waals surface area contributed by atoms with Gasteiger partial charge in [0.1, 0.15) is 0 Å². The van der Waals surface area contributed by atoms with Crippen LogP contribution in [0.4, 0.5) is 0 Å². The predicted octanol–water partition coefficient (Wildman–Crippen LogP) is 4.48. The summed E-state index contributed by atoms with van der Waals surface area (Å²) in [6.45, 7) is 7.52. The van der Waals surface area contributed by atoms with E-state index in [0.717, 1.165) is 24.8 Å². The van der Waals surface area contributed by atoms with Crippen molar-refractivity contribution >= 4 is 23.5 Å². The fraction of sp³-hybridized carbons (Fsp3) is 0.793. The molecule has 0 unspecified atom stereocenters. The van der Waals surface area contributed by atoms with Gasteiger partial charge in [0.15, 0.2) is 18.0 Å². The zero-order chi connectivity index (χ0) is 26.3. The molecule has 0 aromatic carbocycles. The SMILES string of the molecule is CCCC(=O)OCC(=O)[C@@]1(OC(=O)CCC)CC[C@H]2[C@@H]3CCC4=CC(=O)CC[C@]4(C)[C@H]3[C@@H](O)C[C@@]21C. The molecule has 0 amide bonds. The van der Waals surface area contributed by atoms with Gasteiger partial charge in [-0.2, -0.15) is 0 Å². The van der Waals surface area contributed by atoms with Crippen LogP contribution in [0.2, 0.25) is 0 Å². The molecular weight excluding hydrogens is 460 g/mol. The van der Waals surface area contributed by atoms with E-state index in [1.807, 2.05) is 20.8 Å². The molecule has 7 atom stereocenters. The number of carbonyl (C=O) groups excluding carboxylic acids is 4. The molecule has 0 spiro atoms. The lowest BCUT2D eigenvalue weighted by Crippen LogP contribution is -2.63. The highest BCUT2D eigenvalue weighted by Crippen LogP contribution is 2.68. The Morgan fingerprint density at radius 3 is 2.42 bits per heavy atom. The minimum absolute atomic E-state index is 0.00306. The Hall–Kier alpha value is -2.02. The molecule has 0 bridgehead atoms. The van der Waals surface area contributed by atoms with Crippen LogP contribution in [0.1, 0.15) is 98.3 Å². The van der Waals surface area contributed by atoms with Crippen LogP contribution in [0.5, 0.6) is 0 Å². The van der Waals surface area contributed by atoms with Crippen LogP contribution in [0, 0.1) is 28.6 Å². The summed E-state index contributed by atoms with van der Waals surface area (Å²) < 4.78 is 11.4. The number of aliphatic hydroxyl groups is 1. The number of ether oxygens (including phenoxy) is 2.